The molecule has 0 saturated heterocycles. The topological polar surface area (TPSA) is 126 Å². The van der Waals surface area contributed by atoms with E-state index in [-0.39, 0.29) is 71.9 Å². The number of rotatable bonds is 0. The molecule has 0 aliphatic heterocycles. The number of hydrogen-bond acceptors (Lipinski definition) is 6. The van der Waals surface area contributed by atoms with Gasteiger partial charge in [0.05, 0.1) is 0 Å². The van der Waals surface area contributed by atoms with Crippen molar-refractivity contribution < 1.29 is 24.1 Å². The first-order chi connectivity index (χ1) is 3.46. The van der Waals surface area contributed by atoms with Crippen LogP contribution in [0.4, 0.5) is 0 Å². The summed E-state index contributed by atoms with van der Waals surface area (Å²) in [5, 5.41) is 0. The van der Waals surface area contributed by atoms with Crippen LogP contribution in [0.5, 0.6) is 0 Å². The van der Waals surface area contributed by atoms with Gasteiger partial charge in [-0.3, -0.25) is 0 Å². The van der Waals surface area contributed by atoms with Gasteiger partial charge < -0.3 is 0 Å². The molecule has 0 aromatic rings. The monoisotopic (exact) mass is 406 g/mol. The molecule has 0 aromatic heterocycles. The molecule has 0 bridgehead atoms. The Kier molecular flexibility index (Phi) is 39.5. The zero-order chi connectivity index (χ0) is 7.15. The van der Waals surface area contributed by atoms with Gasteiger partial charge in [-0.2, -0.15) is 0 Å². The molecule has 0 atom stereocenters. The standard InChI is InChI=1S/Ba.2GeO3.Mg/c;2*2-1(3)4;/q+2;2*-2;+2. The molecule has 0 saturated carbocycles. The molecule has 10 heavy (non-hydrogen) atoms. The van der Waals surface area contributed by atoms with E-state index in [1.165, 1.54) is 0 Å². The molecule has 48 valence electrons. The fraction of sp³-hybridized carbons (Fsp3) is 0. The van der Waals surface area contributed by atoms with E-state index in [2.05, 4.69) is 0 Å². The zero-order valence-electron chi connectivity index (χ0n) is 4.86. The Hall–Kier alpha value is 2.22. The van der Waals surface area contributed by atoms with Crippen LogP contribution in [-0.4, -0.2) is 102 Å². The van der Waals surface area contributed by atoms with Crippen LogP contribution >= 0.6 is 0 Å². The Balaban J connectivity index is -0.0000000300. The van der Waals surface area contributed by atoms with Crippen LogP contribution in [0, 0.1) is 0 Å². The summed E-state index contributed by atoms with van der Waals surface area (Å²) in [6.45, 7) is 0. The Morgan fingerprint density at radius 1 is 0.800 bits per heavy atom. The first-order valence-corrected chi connectivity index (χ1v) is 6.36. The first-order valence-electron chi connectivity index (χ1n) is 1.22. The van der Waals surface area contributed by atoms with Gasteiger partial charge >= 0.3 is 126 Å². The minimum absolute atomic E-state index is 0. The second-order valence-electron chi connectivity index (χ2n) is 0.500. The van der Waals surface area contributed by atoms with Gasteiger partial charge in [0.2, 0.25) is 0 Å². The van der Waals surface area contributed by atoms with E-state index in [1.54, 1.807) is 0 Å². The molecule has 0 radical (unpaired) electrons. The summed E-state index contributed by atoms with van der Waals surface area (Å²) in [4.78, 5) is 0. The molecular weight excluding hydrogens is 403 g/mol. The molecule has 0 heterocycles. The molecule has 6 nitrogen and oxygen atoms in total. The predicted octanol–water partition coefficient (Wildman–Crippen LogP) is -6.52. The van der Waals surface area contributed by atoms with Crippen LogP contribution < -0.4 is 16.5 Å². The van der Waals surface area contributed by atoms with E-state index in [9.17, 15) is 0 Å². The van der Waals surface area contributed by atoms with Crippen LogP contribution in [0.25, 0.3) is 0 Å². The van der Waals surface area contributed by atoms with E-state index in [1.807, 2.05) is 0 Å². The Morgan fingerprint density at radius 3 is 0.800 bits per heavy atom. The van der Waals surface area contributed by atoms with Crippen LogP contribution in [0.1, 0.15) is 0 Å². The van der Waals surface area contributed by atoms with E-state index < -0.39 is 29.9 Å². The van der Waals surface area contributed by atoms with Crippen molar-refractivity contribution in [2.45, 2.75) is 0 Å². The molecule has 0 spiro atoms. The number of hydrogen-bond donors (Lipinski definition) is 0. The van der Waals surface area contributed by atoms with Gasteiger partial charge in [0.25, 0.3) is 0 Å². The average Bonchev–Trinajstić information content (AvgIpc) is 1.25. The summed E-state index contributed by atoms with van der Waals surface area (Å²) >= 11 is -8.17. The molecule has 0 rings (SSSR count). The SMILES string of the molecule is [Ba+2].[Mg+2].[O]=[Ge]([O-])[O-].[O]=[Ge]([O-])[O-]. The minimum atomic E-state index is -4.08. The summed E-state index contributed by atoms with van der Waals surface area (Å²) in [6, 6.07) is 0. The fourth-order valence-electron chi connectivity index (χ4n) is 0. The normalized spacial score (nSPS) is 4.80. The Morgan fingerprint density at radius 2 is 0.800 bits per heavy atom. The second kappa shape index (κ2) is 17.3. The Bertz CT molecular complexity index is 73.7. The van der Waals surface area contributed by atoms with Crippen molar-refractivity contribution in [2.24, 2.45) is 0 Å². The third-order valence-corrected chi connectivity index (χ3v) is 0. The average molecular weight is 403 g/mol. The van der Waals surface area contributed by atoms with Gasteiger partial charge in [-0.25, -0.2) is 0 Å². The molecule has 0 aliphatic rings. The van der Waals surface area contributed by atoms with Gasteiger partial charge in [-0.1, -0.05) is 0 Å². The van der Waals surface area contributed by atoms with Crippen LogP contribution in [0.3, 0.4) is 0 Å². The third-order valence-electron chi connectivity index (χ3n) is 0. The van der Waals surface area contributed by atoms with Crippen LogP contribution in [-0.2, 0) is 7.56 Å². The van der Waals surface area contributed by atoms with Crippen LogP contribution in [0.2, 0.25) is 0 Å². The molecule has 0 aromatic carbocycles. The van der Waals surface area contributed by atoms with Crippen molar-refractivity contribution in [1.82, 2.24) is 0 Å². The van der Waals surface area contributed by atoms with E-state index in [4.69, 9.17) is 24.1 Å². The van der Waals surface area contributed by atoms with Crippen molar-refractivity contribution >= 4 is 102 Å². The quantitative estimate of drug-likeness (QED) is 0.371. The summed E-state index contributed by atoms with van der Waals surface area (Å²) < 4.78 is 51.5. The van der Waals surface area contributed by atoms with Crippen molar-refractivity contribution in [3.63, 3.8) is 0 Å². The third kappa shape index (κ3) is 176. The van der Waals surface area contributed by atoms with Crippen molar-refractivity contribution in [3.8, 4) is 0 Å². The van der Waals surface area contributed by atoms with Crippen molar-refractivity contribution in [1.29, 1.82) is 0 Å². The molecule has 10 heteroatoms. The zero-order valence-corrected chi connectivity index (χ0v) is 14.9. The van der Waals surface area contributed by atoms with E-state index in [0.717, 1.165) is 0 Å². The van der Waals surface area contributed by atoms with Gasteiger partial charge in [0.1, 0.15) is 0 Å². The van der Waals surface area contributed by atoms with Gasteiger partial charge in [-0.15, -0.1) is 0 Å². The summed E-state index contributed by atoms with van der Waals surface area (Å²) in [7, 11) is 0. The van der Waals surface area contributed by atoms with E-state index >= 15 is 0 Å². The molecule has 0 unspecified atom stereocenters. The predicted molar refractivity (Wildman–Crippen MR) is 24.4 cm³/mol. The summed E-state index contributed by atoms with van der Waals surface area (Å²) in [5.41, 5.74) is 0. The first kappa shape index (κ1) is 22.8. The maximum atomic E-state index is 8.58. The van der Waals surface area contributed by atoms with Gasteiger partial charge in [0, 0.05) is 0 Å². The molecule has 0 amide bonds. The van der Waals surface area contributed by atoms with E-state index in [0.29, 0.717) is 0 Å². The van der Waals surface area contributed by atoms with Gasteiger partial charge in [0.15, 0.2) is 0 Å². The Labute approximate surface area is 123 Å². The summed E-state index contributed by atoms with van der Waals surface area (Å²) in [6.07, 6.45) is 0. The fourth-order valence-corrected chi connectivity index (χ4v) is 0. The maximum absolute atomic E-state index is 8.58. The van der Waals surface area contributed by atoms with Gasteiger partial charge in [-0.05, 0) is 0 Å². The molecular formula is BaGe2MgO6. The summed E-state index contributed by atoms with van der Waals surface area (Å²) in [5.74, 6) is 0. The second-order valence-corrected chi connectivity index (χ2v) is 2.60. The van der Waals surface area contributed by atoms with Crippen LogP contribution in [0.15, 0.2) is 0 Å². The van der Waals surface area contributed by atoms with Crippen molar-refractivity contribution in [3.05, 3.63) is 0 Å². The molecule has 0 N–H and O–H groups in total. The molecule has 0 aliphatic carbocycles. The van der Waals surface area contributed by atoms with Crippen molar-refractivity contribution in [2.75, 3.05) is 0 Å². The molecule has 0 fully saturated rings.